The first-order valence-electron chi connectivity index (χ1n) is 38.2. The predicted octanol–water partition coefficient (Wildman–Crippen LogP) is 21.7. The standard InChI is InChI=1S/C77H138O17P2/c1-5-9-13-17-21-25-29-32-35-38-42-45-49-53-57-61-74(79)87-67-72(93-76(81)63-59-55-51-47-41-28-24-20-16-12-8-4)69-91-95(83,84)89-65-71(78)66-90-96(85,86)92-70-73(94-77(82)64-60-56-52-48-44-40-37-34-31-27-23-19-15-11-7-3)68-88-75(80)62-58-54-50-46-43-39-36-33-30-26-22-18-14-10-6-2/h9,13,21-22,25-26,32-33,35-36,42,45,71-73,78H,5-8,10-12,14-20,23-24,27-31,34,37-41,43-44,46-70H2,1-4H3,(H,83,84)(H,85,86)/b13-9-,25-21-,26-22-,35-32-,36-33-,45-42-. The van der Waals surface area contributed by atoms with E-state index in [1.165, 1.54) is 122 Å². The van der Waals surface area contributed by atoms with Crippen LogP contribution < -0.4 is 0 Å². The lowest BCUT2D eigenvalue weighted by molar-refractivity contribution is -0.161. The summed E-state index contributed by atoms with van der Waals surface area (Å²) in [5, 5.41) is 10.6. The van der Waals surface area contributed by atoms with Crippen molar-refractivity contribution >= 4 is 39.5 Å². The molecule has 3 N–H and O–H groups in total. The van der Waals surface area contributed by atoms with Gasteiger partial charge in [-0.05, 0) is 96.3 Å². The Morgan fingerprint density at radius 3 is 0.875 bits per heavy atom. The molecule has 0 saturated heterocycles. The van der Waals surface area contributed by atoms with Crippen molar-refractivity contribution in [2.45, 2.75) is 354 Å². The van der Waals surface area contributed by atoms with Crippen LogP contribution in [0.3, 0.4) is 0 Å². The van der Waals surface area contributed by atoms with Crippen LogP contribution in [0.1, 0.15) is 336 Å². The van der Waals surface area contributed by atoms with Crippen molar-refractivity contribution in [1.82, 2.24) is 0 Å². The molecule has 0 rings (SSSR count). The molecule has 0 fully saturated rings. The van der Waals surface area contributed by atoms with Gasteiger partial charge in [-0.15, -0.1) is 0 Å². The van der Waals surface area contributed by atoms with Gasteiger partial charge in [-0.3, -0.25) is 37.3 Å². The Morgan fingerprint density at radius 1 is 0.302 bits per heavy atom. The lowest BCUT2D eigenvalue weighted by Crippen LogP contribution is -2.30. The van der Waals surface area contributed by atoms with Gasteiger partial charge in [0.2, 0.25) is 0 Å². The van der Waals surface area contributed by atoms with Crippen molar-refractivity contribution in [1.29, 1.82) is 0 Å². The van der Waals surface area contributed by atoms with Gasteiger partial charge in [0.05, 0.1) is 26.4 Å². The van der Waals surface area contributed by atoms with Crippen molar-refractivity contribution in [3.63, 3.8) is 0 Å². The Bertz CT molecular complexity index is 2110. The number of hydrogen-bond donors (Lipinski definition) is 3. The topological polar surface area (TPSA) is 237 Å². The zero-order valence-corrected chi connectivity index (χ0v) is 62.6. The van der Waals surface area contributed by atoms with Crippen LogP contribution in [0.5, 0.6) is 0 Å². The van der Waals surface area contributed by atoms with Crippen LogP contribution in [0.15, 0.2) is 72.9 Å². The lowest BCUT2D eigenvalue weighted by atomic mass is 10.0. The molecular formula is C77H138O17P2. The first-order chi connectivity index (χ1) is 46.7. The molecule has 17 nitrogen and oxygen atoms in total. The van der Waals surface area contributed by atoms with Crippen LogP contribution in [0.25, 0.3) is 0 Å². The van der Waals surface area contributed by atoms with E-state index in [0.29, 0.717) is 25.7 Å². The van der Waals surface area contributed by atoms with Crippen molar-refractivity contribution in [3.8, 4) is 0 Å². The van der Waals surface area contributed by atoms with E-state index in [-0.39, 0.29) is 25.7 Å². The summed E-state index contributed by atoms with van der Waals surface area (Å²) in [4.78, 5) is 72.8. The highest BCUT2D eigenvalue weighted by Gasteiger charge is 2.30. The van der Waals surface area contributed by atoms with E-state index in [9.17, 15) is 43.2 Å². The van der Waals surface area contributed by atoms with Crippen molar-refractivity contribution < 1.29 is 80.2 Å². The van der Waals surface area contributed by atoms with Crippen LogP contribution in [0.2, 0.25) is 0 Å². The van der Waals surface area contributed by atoms with E-state index in [4.69, 9.17) is 37.0 Å². The Kier molecular flexibility index (Phi) is 67.4. The van der Waals surface area contributed by atoms with E-state index >= 15 is 0 Å². The SMILES string of the molecule is CC/C=C\C/C=C\C/C=C\C/C=C\CCCCC(=O)OCC(COP(=O)(O)OCC(O)COP(=O)(O)OCC(COC(=O)CCCCCCC/C=C\C/C=C\CCCCC)OC(=O)CCCCCCCCCCCCCCCCC)OC(=O)CCCCCCCCCCCCC. The minimum Gasteiger partial charge on any atom is -0.462 e. The summed E-state index contributed by atoms with van der Waals surface area (Å²) in [6.07, 6.45) is 69.0. The van der Waals surface area contributed by atoms with Crippen molar-refractivity contribution in [3.05, 3.63) is 72.9 Å². The molecule has 0 heterocycles. The third-order valence-electron chi connectivity index (χ3n) is 16.2. The Labute approximate surface area is 583 Å². The van der Waals surface area contributed by atoms with Crippen LogP contribution in [0, 0.1) is 0 Å². The largest absolute Gasteiger partial charge is 0.472 e. The quantitative estimate of drug-likeness (QED) is 0.0169. The van der Waals surface area contributed by atoms with Gasteiger partial charge in [-0.2, -0.15) is 0 Å². The van der Waals surface area contributed by atoms with Gasteiger partial charge in [0.25, 0.3) is 0 Å². The number of allylic oxidation sites excluding steroid dienone is 12. The molecule has 19 heteroatoms. The molecule has 0 aliphatic rings. The summed E-state index contributed by atoms with van der Waals surface area (Å²) in [5.74, 6) is -2.21. The van der Waals surface area contributed by atoms with Crippen LogP contribution in [0.4, 0.5) is 0 Å². The highest BCUT2D eigenvalue weighted by Crippen LogP contribution is 2.45. The number of rotatable bonds is 72. The highest BCUT2D eigenvalue weighted by atomic mass is 31.2. The third kappa shape index (κ3) is 69.0. The predicted molar refractivity (Wildman–Crippen MR) is 390 cm³/mol. The van der Waals surface area contributed by atoms with E-state index in [1.54, 1.807) is 0 Å². The number of aliphatic hydroxyl groups excluding tert-OH is 1. The van der Waals surface area contributed by atoms with Crippen LogP contribution in [-0.4, -0.2) is 96.7 Å². The number of carbonyl (C=O) groups excluding carboxylic acids is 4. The monoisotopic (exact) mass is 1400 g/mol. The molecule has 0 aliphatic heterocycles. The summed E-state index contributed by atoms with van der Waals surface area (Å²) < 4.78 is 68.4. The number of phosphoric ester groups is 2. The molecule has 0 aromatic carbocycles. The minimum absolute atomic E-state index is 0.0900. The van der Waals surface area contributed by atoms with Gasteiger partial charge in [-0.1, -0.05) is 287 Å². The van der Waals surface area contributed by atoms with Crippen LogP contribution in [-0.2, 0) is 65.4 Å². The van der Waals surface area contributed by atoms with Crippen molar-refractivity contribution in [2.24, 2.45) is 0 Å². The van der Waals surface area contributed by atoms with Gasteiger partial charge in [0.1, 0.15) is 19.3 Å². The van der Waals surface area contributed by atoms with Gasteiger partial charge < -0.3 is 33.8 Å². The van der Waals surface area contributed by atoms with Crippen LogP contribution >= 0.6 is 15.6 Å². The molecule has 0 aromatic heterocycles. The number of phosphoric acid groups is 2. The highest BCUT2D eigenvalue weighted by molar-refractivity contribution is 7.47. The van der Waals surface area contributed by atoms with E-state index in [2.05, 4.69) is 101 Å². The molecular weight excluding hydrogens is 1260 g/mol. The molecule has 0 aliphatic carbocycles. The Balaban J connectivity index is 5.34. The molecule has 5 unspecified atom stereocenters. The molecule has 0 aromatic rings. The second-order valence-corrected chi connectivity index (χ2v) is 28.5. The average Bonchev–Trinajstić information content (AvgIpc) is 1.11. The van der Waals surface area contributed by atoms with E-state index in [1.807, 2.05) is 0 Å². The maximum Gasteiger partial charge on any atom is 0.472 e. The first-order valence-corrected chi connectivity index (χ1v) is 41.2. The number of unbranched alkanes of at least 4 members (excludes halogenated alkanes) is 34. The molecule has 0 bridgehead atoms. The zero-order valence-electron chi connectivity index (χ0n) is 60.8. The maximum atomic E-state index is 13.1. The molecule has 0 saturated carbocycles. The summed E-state index contributed by atoms with van der Waals surface area (Å²) in [7, 11) is -9.94. The zero-order chi connectivity index (χ0) is 70.4. The Morgan fingerprint density at radius 2 is 0.542 bits per heavy atom. The van der Waals surface area contributed by atoms with E-state index < -0.39 is 97.5 Å². The summed E-state index contributed by atoms with van der Waals surface area (Å²) in [6.45, 7) is 4.71. The first kappa shape index (κ1) is 92.5. The molecule has 96 heavy (non-hydrogen) atoms. The summed E-state index contributed by atoms with van der Waals surface area (Å²) in [6, 6.07) is 0. The third-order valence-corrected chi connectivity index (χ3v) is 18.1. The maximum absolute atomic E-state index is 13.1. The number of aliphatic hydroxyl groups is 1. The van der Waals surface area contributed by atoms with Gasteiger partial charge in [-0.25, -0.2) is 9.13 Å². The molecule has 558 valence electrons. The second-order valence-electron chi connectivity index (χ2n) is 25.6. The van der Waals surface area contributed by atoms with E-state index in [0.717, 1.165) is 135 Å². The molecule has 0 spiro atoms. The smallest absolute Gasteiger partial charge is 0.462 e. The number of hydrogen-bond acceptors (Lipinski definition) is 15. The van der Waals surface area contributed by atoms with Gasteiger partial charge in [0, 0.05) is 25.7 Å². The fourth-order valence-corrected chi connectivity index (χ4v) is 11.9. The molecule has 5 atom stereocenters. The van der Waals surface area contributed by atoms with Gasteiger partial charge >= 0.3 is 39.5 Å². The van der Waals surface area contributed by atoms with Crippen molar-refractivity contribution in [2.75, 3.05) is 39.6 Å². The lowest BCUT2D eigenvalue weighted by Gasteiger charge is -2.21. The minimum atomic E-state index is -4.97. The normalized spacial score (nSPS) is 14.4. The fraction of sp³-hybridized carbons (Fsp3) is 0.792. The fourth-order valence-electron chi connectivity index (χ4n) is 10.4. The number of carbonyl (C=O) groups is 4. The Hall–Kier alpha value is -3.50. The summed E-state index contributed by atoms with van der Waals surface area (Å²) in [5.41, 5.74) is 0. The number of esters is 4. The molecule has 0 radical (unpaired) electrons. The second kappa shape index (κ2) is 70.0. The number of ether oxygens (including phenoxy) is 4. The van der Waals surface area contributed by atoms with Gasteiger partial charge in [0.15, 0.2) is 12.2 Å². The summed E-state index contributed by atoms with van der Waals surface area (Å²) >= 11 is 0. The average molecular weight is 1400 g/mol. The molecule has 0 amide bonds.